The second kappa shape index (κ2) is 7.88. The molecule has 0 fully saturated rings. The number of aromatic amines is 2. The molecule has 0 unspecified atom stereocenters. The third-order valence-electron chi connectivity index (χ3n) is 5.48. The van der Waals surface area contributed by atoms with Gasteiger partial charge in [0, 0.05) is 10.9 Å². The number of aryl methyl sites for hydroxylation is 1. The maximum absolute atomic E-state index is 13.2. The van der Waals surface area contributed by atoms with Crippen molar-refractivity contribution in [2.45, 2.75) is 26.7 Å². The number of hydrogen-bond acceptors (Lipinski definition) is 5. The molecule has 0 amide bonds. The van der Waals surface area contributed by atoms with Gasteiger partial charge in [0.05, 0.1) is 40.8 Å². The number of ketones is 1. The first-order chi connectivity index (χ1) is 15.5. The number of nitrogens with two attached hydrogens (primary N) is 1. The first kappa shape index (κ1) is 19.9. The Bertz CT molecular complexity index is 1440. The Kier molecular flexibility index (Phi) is 4.89. The number of anilines is 1. The molecule has 5 rings (SSSR count). The van der Waals surface area contributed by atoms with Gasteiger partial charge in [-0.25, -0.2) is 9.67 Å². The molecule has 162 valence electrons. The van der Waals surface area contributed by atoms with Gasteiger partial charge >= 0.3 is 0 Å². The van der Waals surface area contributed by atoms with Crippen LogP contribution in [-0.2, 0) is 0 Å². The zero-order valence-corrected chi connectivity index (χ0v) is 18.0. The molecule has 5 aromatic rings. The minimum Gasteiger partial charge on any atom is -0.494 e. The summed E-state index contributed by atoms with van der Waals surface area (Å²) >= 11 is 0. The van der Waals surface area contributed by atoms with Gasteiger partial charge in [0.1, 0.15) is 17.4 Å². The van der Waals surface area contributed by atoms with Crippen molar-refractivity contribution in [1.29, 1.82) is 0 Å². The molecule has 3 aromatic heterocycles. The third-order valence-corrected chi connectivity index (χ3v) is 5.48. The second-order valence-corrected chi connectivity index (χ2v) is 7.84. The molecule has 0 saturated heterocycles. The number of H-pyrrole nitrogens is 2. The number of nitrogens with one attached hydrogen (secondary N) is 2. The van der Waals surface area contributed by atoms with Crippen LogP contribution in [0.1, 0.15) is 41.6 Å². The lowest BCUT2D eigenvalue weighted by molar-refractivity contribution is 0.103. The minimum absolute atomic E-state index is 0.213. The average molecular weight is 428 g/mol. The van der Waals surface area contributed by atoms with Crippen LogP contribution in [0, 0.1) is 6.92 Å². The Labute approximate surface area is 184 Å². The van der Waals surface area contributed by atoms with Crippen LogP contribution in [-0.4, -0.2) is 37.1 Å². The number of unbranched alkanes of at least 4 members (excludes halogenated alkanes) is 1. The lowest BCUT2D eigenvalue weighted by Gasteiger charge is -2.05. The smallest absolute Gasteiger partial charge is 0.214 e. The number of imidazole rings is 1. The number of hydrogen-bond donors (Lipinski definition) is 3. The maximum Gasteiger partial charge on any atom is 0.214 e. The molecular formula is C24H24N6O2. The van der Waals surface area contributed by atoms with E-state index in [1.54, 1.807) is 4.68 Å². The minimum atomic E-state index is -0.213. The summed E-state index contributed by atoms with van der Waals surface area (Å²) in [4.78, 5) is 24.0. The van der Waals surface area contributed by atoms with Gasteiger partial charge < -0.3 is 20.4 Å². The van der Waals surface area contributed by atoms with Crippen LogP contribution in [0.25, 0.3) is 27.6 Å². The quantitative estimate of drug-likeness (QED) is 0.260. The number of nitrogens with zero attached hydrogens (tertiary/aromatic N) is 3. The van der Waals surface area contributed by atoms with E-state index in [4.69, 9.17) is 10.5 Å². The Morgan fingerprint density at radius 1 is 1.12 bits per heavy atom. The number of carbonyl (C=O) groups is 1. The Morgan fingerprint density at radius 3 is 2.81 bits per heavy atom. The summed E-state index contributed by atoms with van der Waals surface area (Å²) in [6.07, 6.45) is 3.59. The molecule has 0 radical (unpaired) electrons. The summed E-state index contributed by atoms with van der Waals surface area (Å²) in [5.41, 5.74) is 10.5. The van der Waals surface area contributed by atoms with Crippen molar-refractivity contribution < 1.29 is 9.53 Å². The van der Waals surface area contributed by atoms with E-state index >= 15 is 0 Å². The standard InChI is InChI=1S/C24H24N6O2/c1-3-4-9-32-17-6-8-19-15(10-17)11-22(29-19)23(31)18-13-26-30(24(18)25)16-5-7-20-21(12-16)28-14(2)27-20/h5-8,10-13,29H,3-4,9,25H2,1-2H3,(H,27,28). The molecule has 0 aliphatic carbocycles. The topological polar surface area (TPSA) is 115 Å². The van der Waals surface area contributed by atoms with E-state index in [1.807, 2.05) is 49.4 Å². The average Bonchev–Trinajstić information content (AvgIpc) is 3.48. The van der Waals surface area contributed by atoms with Crippen LogP contribution >= 0.6 is 0 Å². The second-order valence-electron chi connectivity index (χ2n) is 7.84. The van der Waals surface area contributed by atoms with E-state index in [9.17, 15) is 4.79 Å². The molecule has 8 nitrogen and oxygen atoms in total. The highest BCUT2D eigenvalue weighted by Gasteiger charge is 2.20. The summed E-state index contributed by atoms with van der Waals surface area (Å²) in [7, 11) is 0. The molecule has 0 spiro atoms. The normalized spacial score (nSPS) is 11.4. The van der Waals surface area contributed by atoms with Crippen LogP contribution in [0.4, 0.5) is 5.82 Å². The molecule has 2 aromatic carbocycles. The van der Waals surface area contributed by atoms with Crippen molar-refractivity contribution in [3.63, 3.8) is 0 Å². The predicted octanol–water partition coefficient (Wildman–Crippen LogP) is 4.53. The number of fused-ring (bicyclic) bond motifs is 2. The zero-order chi connectivity index (χ0) is 22.2. The highest BCUT2D eigenvalue weighted by atomic mass is 16.5. The molecule has 3 heterocycles. The van der Waals surface area contributed by atoms with Gasteiger partial charge in [0.2, 0.25) is 5.78 Å². The number of ether oxygens (including phenoxy) is 1. The van der Waals surface area contributed by atoms with Crippen LogP contribution in [0.5, 0.6) is 5.75 Å². The number of nitrogen functional groups attached to an aromatic ring is 1. The predicted molar refractivity (Wildman–Crippen MR) is 124 cm³/mol. The van der Waals surface area contributed by atoms with Gasteiger partial charge in [-0.1, -0.05) is 13.3 Å². The number of rotatable bonds is 7. The van der Waals surface area contributed by atoms with Gasteiger partial charge in [-0.3, -0.25) is 4.79 Å². The largest absolute Gasteiger partial charge is 0.494 e. The SMILES string of the molecule is CCCCOc1ccc2[nH]c(C(=O)c3cnn(-c4ccc5[nH]c(C)nc5c4)c3N)cc2c1. The van der Waals surface area contributed by atoms with Gasteiger partial charge in [-0.2, -0.15) is 5.10 Å². The zero-order valence-electron chi connectivity index (χ0n) is 18.0. The fourth-order valence-electron chi connectivity index (χ4n) is 3.79. The summed E-state index contributed by atoms with van der Waals surface area (Å²) in [5.74, 6) is 1.69. The van der Waals surface area contributed by atoms with Crippen LogP contribution in [0.2, 0.25) is 0 Å². The lowest BCUT2D eigenvalue weighted by Crippen LogP contribution is -2.07. The van der Waals surface area contributed by atoms with Gasteiger partial charge in [0.25, 0.3) is 0 Å². The molecule has 0 aliphatic rings. The molecule has 0 aliphatic heterocycles. The fraction of sp³-hybridized carbons (Fsp3) is 0.208. The highest BCUT2D eigenvalue weighted by Crippen LogP contribution is 2.26. The van der Waals surface area contributed by atoms with Crippen LogP contribution in [0.3, 0.4) is 0 Å². The summed E-state index contributed by atoms with van der Waals surface area (Å²) in [5, 5.41) is 5.26. The van der Waals surface area contributed by atoms with Crippen LogP contribution < -0.4 is 10.5 Å². The Balaban J connectivity index is 1.44. The van der Waals surface area contributed by atoms with E-state index in [1.165, 1.54) is 6.20 Å². The highest BCUT2D eigenvalue weighted by molar-refractivity contribution is 6.12. The van der Waals surface area contributed by atoms with Crippen molar-refractivity contribution in [2.24, 2.45) is 0 Å². The van der Waals surface area contributed by atoms with E-state index in [2.05, 4.69) is 27.0 Å². The fourth-order valence-corrected chi connectivity index (χ4v) is 3.79. The van der Waals surface area contributed by atoms with E-state index in [0.717, 1.165) is 52.0 Å². The molecule has 0 atom stereocenters. The molecule has 0 bridgehead atoms. The van der Waals surface area contributed by atoms with Crippen molar-refractivity contribution in [1.82, 2.24) is 24.7 Å². The first-order valence-corrected chi connectivity index (χ1v) is 10.6. The number of aromatic nitrogens is 5. The number of benzene rings is 2. The van der Waals surface area contributed by atoms with E-state index < -0.39 is 0 Å². The Hall–Kier alpha value is -4.07. The van der Waals surface area contributed by atoms with E-state index in [0.29, 0.717) is 17.9 Å². The molecule has 32 heavy (non-hydrogen) atoms. The van der Waals surface area contributed by atoms with Crippen molar-refractivity contribution in [3.05, 3.63) is 65.7 Å². The summed E-state index contributed by atoms with van der Waals surface area (Å²) in [6, 6.07) is 13.3. The monoisotopic (exact) mass is 428 g/mol. The molecular weight excluding hydrogens is 404 g/mol. The molecule has 8 heteroatoms. The van der Waals surface area contributed by atoms with Gasteiger partial charge in [0.15, 0.2) is 0 Å². The van der Waals surface area contributed by atoms with Gasteiger partial charge in [-0.05, 0) is 55.8 Å². The maximum atomic E-state index is 13.2. The van der Waals surface area contributed by atoms with Crippen molar-refractivity contribution in [3.8, 4) is 11.4 Å². The first-order valence-electron chi connectivity index (χ1n) is 10.6. The summed E-state index contributed by atoms with van der Waals surface area (Å²) < 4.78 is 7.33. The summed E-state index contributed by atoms with van der Waals surface area (Å²) in [6.45, 7) is 4.71. The Morgan fingerprint density at radius 2 is 1.97 bits per heavy atom. The van der Waals surface area contributed by atoms with E-state index in [-0.39, 0.29) is 11.6 Å². The van der Waals surface area contributed by atoms with Crippen molar-refractivity contribution >= 4 is 33.5 Å². The molecule has 4 N–H and O–H groups in total. The van der Waals surface area contributed by atoms with Crippen LogP contribution in [0.15, 0.2) is 48.7 Å². The number of carbonyl (C=O) groups excluding carboxylic acids is 1. The van der Waals surface area contributed by atoms with Gasteiger partial charge in [-0.15, -0.1) is 0 Å². The lowest BCUT2D eigenvalue weighted by atomic mass is 10.1. The third kappa shape index (κ3) is 3.49. The van der Waals surface area contributed by atoms with Crippen molar-refractivity contribution in [2.75, 3.05) is 12.3 Å². The molecule has 0 saturated carbocycles.